The SMILES string of the molecule is c1c(CC2CS2)cc(CC2CS2)cc1CC1CS1. The van der Waals surface area contributed by atoms with Gasteiger partial charge in [-0.3, -0.25) is 0 Å². The maximum absolute atomic E-state index is 2.49. The monoisotopic (exact) mass is 294 g/mol. The van der Waals surface area contributed by atoms with Gasteiger partial charge in [0.05, 0.1) is 0 Å². The van der Waals surface area contributed by atoms with Gasteiger partial charge in [-0.05, 0) is 36.0 Å². The Hall–Kier alpha value is 0.270. The van der Waals surface area contributed by atoms with Crippen LogP contribution in [0.4, 0.5) is 0 Å². The fourth-order valence-corrected chi connectivity index (χ4v) is 4.23. The molecule has 0 N–H and O–H groups in total. The molecule has 3 aliphatic rings. The van der Waals surface area contributed by atoms with Gasteiger partial charge >= 0.3 is 0 Å². The van der Waals surface area contributed by atoms with E-state index in [0.29, 0.717) is 0 Å². The second kappa shape index (κ2) is 4.99. The molecule has 3 unspecified atom stereocenters. The van der Waals surface area contributed by atoms with Crippen LogP contribution in [0.15, 0.2) is 18.2 Å². The summed E-state index contributed by atoms with van der Waals surface area (Å²) < 4.78 is 0. The van der Waals surface area contributed by atoms with Crippen LogP contribution in [0.25, 0.3) is 0 Å². The molecule has 3 fully saturated rings. The number of thioether (sulfide) groups is 3. The number of hydrogen-bond donors (Lipinski definition) is 0. The minimum absolute atomic E-state index is 0.929. The van der Waals surface area contributed by atoms with E-state index in [0.717, 1.165) is 15.7 Å². The van der Waals surface area contributed by atoms with E-state index in [1.165, 1.54) is 36.5 Å². The molecule has 0 aromatic heterocycles. The van der Waals surface area contributed by atoms with Crippen LogP contribution in [0.5, 0.6) is 0 Å². The summed E-state index contributed by atoms with van der Waals surface area (Å²) in [5.74, 6) is 4.16. The second-order valence-corrected chi connectivity index (χ2v) is 9.64. The second-order valence-electron chi connectivity index (χ2n) is 5.64. The van der Waals surface area contributed by atoms with Crippen molar-refractivity contribution in [3.05, 3.63) is 34.9 Å². The Morgan fingerprint density at radius 2 is 0.944 bits per heavy atom. The van der Waals surface area contributed by atoms with Gasteiger partial charge in [-0.15, -0.1) is 0 Å². The maximum atomic E-state index is 2.49. The molecule has 0 spiro atoms. The average Bonchev–Trinajstić information content (AvgIpc) is 3.17. The van der Waals surface area contributed by atoms with Crippen LogP contribution in [-0.4, -0.2) is 33.0 Å². The van der Waals surface area contributed by atoms with Crippen LogP contribution in [-0.2, 0) is 19.3 Å². The van der Waals surface area contributed by atoms with Gasteiger partial charge in [0.25, 0.3) is 0 Å². The van der Waals surface area contributed by atoms with E-state index in [9.17, 15) is 0 Å². The first-order valence-corrected chi connectivity index (χ1v) is 9.96. The summed E-state index contributed by atoms with van der Waals surface area (Å²) in [5.41, 5.74) is 4.82. The molecule has 0 aliphatic carbocycles. The standard InChI is InChI=1S/C15H18S3/c1-10(4-13-7-16-13)2-12(6-15-9-18-15)3-11(1)5-14-8-17-14/h1-3,13-15H,4-9H2. The third-order valence-electron chi connectivity index (χ3n) is 3.71. The van der Waals surface area contributed by atoms with Gasteiger partial charge in [0, 0.05) is 33.0 Å². The van der Waals surface area contributed by atoms with E-state index in [1.807, 2.05) is 0 Å². The summed E-state index contributed by atoms with van der Waals surface area (Å²) in [4.78, 5) is 0. The van der Waals surface area contributed by atoms with E-state index >= 15 is 0 Å². The van der Waals surface area contributed by atoms with Crippen molar-refractivity contribution in [1.29, 1.82) is 0 Å². The minimum Gasteiger partial charge on any atom is -0.156 e. The molecule has 3 heteroatoms. The zero-order valence-electron chi connectivity index (χ0n) is 10.4. The molecule has 0 saturated carbocycles. The lowest BCUT2D eigenvalue weighted by Crippen LogP contribution is -2.01. The highest BCUT2D eigenvalue weighted by Gasteiger charge is 2.26. The number of hydrogen-bond acceptors (Lipinski definition) is 3. The summed E-state index contributed by atoms with van der Waals surface area (Å²) in [6, 6.07) is 7.46. The van der Waals surface area contributed by atoms with Crippen molar-refractivity contribution >= 4 is 35.3 Å². The summed E-state index contributed by atoms with van der Waals surface area (Å²) in [7, 11) is 0. The molecule has 0 amide bonds. The molecule has 0 bridgehead atoms. The van der Waals surface area contributed by atoms with Crippen LogP contribution in [0.2, 0.25) is 0 Å². The fourth-order valence-electron chi connectivity index (χ4n) is 2.54. The van der Waals surface area contributed by atoms with Crippen LogP contribution >= 0.6 is 35.3 Å². The van der Waals surface area contributed by atoms with Crippen molar-refractivity contribution in [2.75, 3.05) is 17.3 Å². The van der Waals surface area contributed by atoms with Crippen LogP contribution in [0.1, 0.15) is 16.7 Å². The number of rotatable bonds is 6. The summed E-state index contributed by atoms with van der Waals surface area (Å²) >= 11 is 6.36. The Balaban J connectivity index is 1.54. The van der Waals surface area contributed by atoms with Crippen molar-refractivity contribution in [3.63, 3.8) is 0 Å². The molecule has 96 valence electrons. The molecular weight excluding hydrogens is 276 g/mol. The Kier molecular flexibility index (Phi) is 3.34. The van der Waals surface area contributed by atoms with Crippen molar-refractivity contribution in [3.8, 4) is 0 Å². The third-order valence-corrected chi connectivity index (χ3v) is 6.62. The Morgan fingerprint density at radius 1 is 0.667 bits per heavy atom. The molecule has 3 saturated heterocycles. The van der Waals surface area contributed by atoms with E-state index in [1.54, 1.807) is 16.7 Å². The first-order valence-electron chi connectivity index (χ1n) is 6.82. The van der Waals surface area contributed by atoms with Crippen molar-refractivity contribution < 1.29 is 0 Å². The van der Waals surface area contributed by atoms with Gasteiger partial charge in [-0.2, -0.15) is 35.3 Å². The first-order chi connectivity index (χ1) is 8.85. The molecular formula is C15H18S3. The third kappa shape index (κ3) is 3.43. The van der Waals surface area contributed by atoms with Crippen molar-refractivity contribution in [1.82, 2.24) is 0 Å². The molecule has 3 heterocycles. The molecule has 1 aromatic rings. The highest BCUT2D eigenvalue weighted by molar-refractivity contribution is 8.07. The summed E-state index contributed by atoms with van der Waals surface area (Å²) in [6.07, 6.45) is 3.92. The van der Waals surface area contributed by atoms with Gasteiger partial charge < -0.3 is 0 Å². The van der Waals surface area contributed by atoms with E-state index in [2.05, 4.69) is 53.5 Å². The quantitative estimate of drug-likeness (QED) is 0.735. The Labute approximate surface area is 122 Å². The van der Waals surface area contributed by atoms with Gasteiger partial charge in [-0.25, -0.2) is 0 Å². The van der Waals surface area contributed by atoms with E-state index in [-0.39, 0.29) is 0 Å². The largest absolute Gasteiger partial charge is 0.156 e. The molecule has 0 radical (unpaired) electrons. The van der Waals surface area contributed by atoms with E-state index < -0.39 is 0 Å². The van der Waals surface area contributed by atoms with E-state index in [4.69, 9.17) is 0 Å². The predicted octanol–water partition coefficient (Wildman–Crippen LogP) is 3.66. The van der Waals surface area contributed by atoms with Gasteiger partial charge in [0.2, 0.25) is 0 Å². The van der Waals surface area contributed by atoms with Crippen LogP contribution in [0.3, 0.4) is 0 Å². The highest BCUT2D eigenvalue weighted by Crippen LogP contribution is 2.37. The zero-order chi connectivity index (χ0) is 11.9. The molecule has 18 heavy (non-hydrogen) atoms. The molecule has 3 aliphatic heterocycles. The molecule has 3 atom stereocenters. The van der Waals surface area contributed by atoms with Crippen molar-refractivity contribution in [2.45, 2.75) is 35.0 Å². The molecule has 1 aromatic carbocycles. The Bertz CT molecular complexity index is 366. The highest BCUT2D eigenvalue weighted by atomic mass is 32.2. The predicted molar refractivity (Wildman–Crippen MR) is 86.3 cm³/mol. The Morgan fingerprint density at radius 3 is 1.17 bits per heavy atom. The summed E-state index contributed by atoms with van der Waals surface area (Å²) in [6.45, 7) is 0. The summed E-state index contributed by atoms with van der Waals surface area (Å²) in [5, 5.41) is 2.79. The van der Waals surface area contributed by atoms with Gasteiger partial charge in [0.1, 0.15) is 0 Å². The van der Waals surface area contributed by atoms with Crippen molar-refractivity contribution in [2.24, 2.45) is 0 Å². The zero-order valence-corrected chi connectivity index (χ0v) is 12.9. The lowest BCUT2D eigenvalue weighted by Gasteiger charge is -2.08. The van der Waals surface area contributed by atoms with Gasteiger partial charge in [0.15, 0.2) is 0 Å². The first kappa shape index (κ1) is 12.0. The number of benzene rings is 1. The lowest BCUT2D eigenvalue weighted by atomic mass is 9.98. The van der Waals surface area contributed by atoms with Gasteiger partial charge in [-0.1, -0.05) is 18.2 Å². The molecule has 0 nitrogen and oxygen atoms in total. The minimum atomic E-state index is 0.929. The normalized spacial score (nSPS) is 32.3. The smallest absolute Gasteiger partial charge is 0.0179 e. The fraction of sp³-hybridized carbons (Fsp3) is 0.600. The topological polar surface area (TPSA) is 0 Å². The molecule has 4 rings (SSSR count). The van der Waals surface area contributed by atoms with Crippen LogP contribution < -0.4 is 0 Å². The van der Waals surface area contributed by atoms with Crippen LogP contribution in [0, 0.1) is 0 Å². The maximum Gasteiger partial charge on any atom is 0.0179 e. The average molecular weight is 295 g/mol. The lowest BCUT2D eigenvalue weighted by molar-refractivity contribution is 0.955.